The fourth-order valence-corrected chi connectivity index (χ4v) is 9.45. The van der Waals surface area contributed by atoms with Gasteiger partial charge in [0.15, 0.2) is 0 Å². The summed E-state index contributed by atoms with van der Waals surface area (Å²) in [4.78, 5) is 5.35. The van der Waals surface area contributed by atoms with Crippen LogP contribution in [0.25, 0.3) is 77.0 Å². The van der Waals surface area contributed by atoms with E-state index in [0.29, 0.717) is 0 Å². The lowest BCUT2D eigenvalue weighted by Gasteiger charge is -2.39. The van der Waals surface area contributed by atoms with Gasteiger partial charge in [-0.1, -0.05) is 121 Å². The van der Waals surface area contributed by atoms with Gasteiger partial charge in [0, 0.05) is 21.5 Å². The number of para-hydroxylation sites is 5. The molecule has 3 nitrogen and oxygen atoms in total. The van der Waals surface area contributed by atoms with E-state index in [1.165, 1.54) is 82.5 Å². The third-order valence-electron chi connectivity index (χ3n) is 11.1. The van der Waals surface area contributed by atoms with E-state index < -0.39 is 5.41 Å². The van der Waals surface area contributed by atoms with E-state index in [9.17, 15) is 0 Å². The Morgan fingerprint density at radius 2 is 1.06 bits per heavy atom. The van der Waals surface area contributed by atoms with E-state index in [0.717, 1.165) is 16.7 Å². The molecule has 12 rings (SSSR count). The van der Waals surface area contributed by atoms with Gasteiger partial charge in [-0.05, 0) is 69.1 Å². The fraction of sp³-hybridized carbons (Fsp3) is 0.0227. The van der Waals surface area contributed by atoms with Gasteiger partial charge in [0.05, 0.1) is 38.7 Å². The van der Waals surface area contributed by atoms with Crippen LogP contribution in [0, 0.1) is 0 Å². The number of aromatic nitrogens is 3. The first-order chi connectivity index (χ1) is 23.4. The fourth-order valence-electron chi connectivity index (χ4n) is 9.45. The molecule has 2 aliphatic rings. The van der Waals surface area contributed by atoms with Crippen LogP contribution in [0.4, 0.5) is 0 Å². The Bertz CT molecular complexity index is 2980. The highest BCUT2D eigenvalue weighted by molar-refractivity contribution is 6.30. The Hall–Kier alpha value is -6.19. The van der Waals surface area contributed by atoms with Crippen molar-refractivity contribution >= 4 is 60.2 Å². The molecule has 216 valence electrons. The zero-order valence-electron chi connectivity index (χ0n) is 25.3. The highest BCUT2D eigenvalue weighted by Gasteiger charge is 2.50. The molecule has 47 heavy (non-hydrogen) atoms. The van der Waals surface area contributed by atoms with Gasteiger partial charge in [-0.25, -0.2) is 4.98 Å². The van der Waals surface area contributed by atoms with Crippen LogP contribution in [0.2, 0.25) is 0 Å². The lowest BCUT2D eigenvalue weighted by molar-refractivity contribution is 0.748. The van der Waals surface area contributed by atoms with Crippen molar-refractivity contribution in [1.82, 2.24) is 14.0 Å². The topological polar surface area (TPSA) is 22.2 Å². The van der Waals surface area contributed by atoms with E-state index in [2.05, 4.69) is 161 Å². The molecule has 0 saturated heterocycles. The monoisotopic (exact) mass is 595 g/mol. The number of nitrogens with zero attached hydrogens (tertiary/aromatic N) is 3. The van der Waals surface area contributed by atoms with Gasteiger partial charge in [-0.2, -0.15) is 0 Å². The van der Waals surface area contributed by atoms with Crippen molar-refractivity contribution < 1.29 is 0 Å². The predicted octanol–water partition coefficient (Wildman–Crippen LogP) is 10.6. The predicted molar refractivity (Wildman–Crippen MR) is 193 cm³/mol. The molecule has 1 spiro atoms. The lowest BCUT2D eigenvalue weighted by Crippen LogP contribution is -2.33. The van der Waals surface area contributed by atoms with E-state index in [1.54, 1.807) is 0 Å². The van der Waals surface area contributed by atoms with Crippen LogP contribution in [0.1, 0.15) is 22.3 Å². The summed E-state index contributed by atoms with van der Waals surface area (Å²) in [5.41, 5.74) is 15.7. The van der Waals surface area contributed by atoms with Crippen LogP contribution in [-0.4, -0.2) is 14.0 Å². The smallest absolute Gasteiger partial charge is 0.147 e. The summed E-state index contributed by atoms with van der Waals surface area (Å²) in [6, 6.07) is 56.1. The first kappa shape index (κ1) is 24.1. The maximum Gasteiger partial charge on any atom is 0.147 e. The van der Waals surface area contributed by atoms with Gasteiger partial charge in [0.1, 0.15) is 5.65 Å². The number of pyridine rings is 1. The Morgan fingerprint density at radius 3 is 1.89 bits per heavy atom. The molecule has 0 fully saturated rings. The van der Waals surface area contributed by atoms with Crippen molar-refractivity contribution in [2.45, 2.75) is 5.41 Å². The van der Waals surface area contributed by atoms with Crippen LogP contribution in [-0.2, 0) is 5.41 Å². The average molecular weight is 596 g/mol. The number of hydrogen-bond acceptors (Lipinski definition) is 1. The average Bonchev–Trinajstić information content (AvgIpc) is 3.79. The maximum atomic E-state index is 5.35. The van der Waals surface area contributed by atoms with Crippen LogP contribution in [0.15, 0.2) is 152 Å². The normalized spacial score (nSPS) is 14.1. The highest BCUT2D eigenvalue weighted by Crippen LogP contribution is 2.61. The van der Waals surface area contributed by atoms with E-state index in [4.69, 9.17) is 4.98 Å². The number of rotatable bonds is 0. The number of benzene rings is 7. The summed E-state index contributed by atoms with van der Waals surface area (Å²) in [7, 11) is 0. The van der Waals surface area contributed by atoms with Crippen molar-refractivity contribution in [3.8, 4) is 16.8 Å². The second kappa shape index (κ2) is 8.14. The molecule has 0 saturated carbocycles. The molecule has 1 aliphatic heterocycles. The van der Waals surface area contributed by atoms with Crippen LogP contribution in [0.3, 0.4) is 0 Å². The summed E-state index contributed by atoms with van der Waals surface area (Å²) in [6.45, 7) is 0. The maximum absolute atomic E-state index is 5.35. The standard InChI is InChI=1S/C44H25N3/c1-4-16-31-26(12-1)27-13-2-5-17-32(27)44(31)33-18-6-9-22-37(33)46-39-25-24-29-28-14-3-8-21-36(28)47-38-23-10-7-20-35(38)45-43(47)41(29)40(39)30-15-11-19-34(44)42(30)46/h1-25H. The molecule has 3 heteroatoms. The van der Waals surface area contributed by atoms with Crippen molar-refractivity contribution in [2.24, 2.45) is 0 Å². The minimum atomic E-state index is -0.423. The molecule has 7 aromatic carbocycles. The van der Waals surface area contributed by atoms with E-state index in [-0.39, 0.29) is 0 Å². The first-order valence-corrected chi connectivity index (χ1v) is 16.3. The van der Waals surface area contributed by atoms with E-state index in [1.807, 2.05) is 0 Å². The van der Waals surface area contributed by atoms with Crippen molar-refractivity contribution in [3.05, 3.63) is 174 Å². The largest absolute Gasteiger partial charge is 0.309 e. The Morgan fingerprint density at radius 1 is 0.426 bits per heavy atom. The van der Waals surface area contributed by atoms with Crippen LogP contribution >= 0.6 is 0 Å². The zero-order chi connectivity index (χ0) is 30.4. The third-order valence-corrected chi connectivity index (χ3v) is 11.1. The summed E-state index contributed by atoms with van der Waals surface area (Å²) in [5.74, 6) is 0. The summed E-state index contributed by atoms with van der Waals surface area (Å²) >= 11 is 0. The molecule has 0 atom stereocenters. The van der Waals surface area contributed by atoms with Gasteiger partial charge in [0.2, 0.25) is 0 Å². The summed E-state index contributed by atoms with van der Waals surface area (Å²) in [6.07, 6.45) is 0. The summed E-state index contributed by atoms with van der Waals surface area (Å²) < 4.78 is 4.91. The summed E-state index contributed by atoms with van der Waals surface area (Å²) in [5, 5.41) is 6.21. The molecule has 1 aliphatic carbocycles. The van der Waals surface area contributed by atoms with Gasteiger partial charge in [0.25, 0.3) is 0 Å². The molecule has 3 aromatic heterocycles. The van der Waals surface area contributed by atoms with Crippen molar-refractivity contribution in [2.75, 3.05) is 0 Å². The molecular formula is C44H25N3. The van der Waals surface area contributed by atoms with Gasteiger partial charge in [-0.15, -0.1) is 0 Å². The minimum Gasteiger partial charge on any atom is -0.309 e. The van der Waals surface area contributed by atoms with Crippen LogP contribution in [0.5, 0.6) is 0 Å². The van der Waals surface area contributed by atoms with Crippen molar-refractivity contribution in [1.29, 1.82) is 0 Å². The molecular weight excluding hydrogens is 571 g/mol. The SMILES string of the molecule is c1ccc2c(c1)-c1ccccc1C21c2ccccc2-n2c3ccc4c5ccccc5n5c6ccccc6nc5c4c3c3cccc1c32. The third kappa shape index (κ3) is 2.60. The number of imidazole rings is 1. The van der Waals surface area contributed by atoms with E-state index >= 15 is 0 Å². The molecule has 0 radical (unpaired) electrons. The first-order valence-electron chi connectivity index (χ1n) is 16.3. The van der Waals surface area contributed by atoms with Gasteiger partial charge >= 0.3 is 0 Å². The number of hydrogen-bond donors (Lipinski definition) is 0. The molecule has 0 N–H and O–H groups in total. The quantitative estimate of drug-likeness (QED) is 0.160. The molecule has 0 unspecified atom stereocenters. The van der Waals surface area contributed by atoms with Crippen molar-refractivity contribution in [3.63, 3.8) is 0 Å². The Kier molecular flexibility index (Phi) is 4.17. The van der Waals surface area contributed by atoms with Gasteiger partial charge in [-0.3, -0.25) is 4.40 Å². The minimum absolute atomic E-state index is 0.423. The highest BCUT2D eigenvalue weighted by atomic mass is 15.0. The molecule has 10 aromatic rings. The Balaban J connectivity index is 1.37. The van der Waals surface area contributed by atoms with Gasteiger partial charge < -0.3 is 4.57 Å². The molecule has 4 heterocycles. The second-order valence-electron chi connectivity index (χ2n) is 13.1. The molecule has 0 bridgehead atoms. The number of fused-ring (bicyclic) bond motifs is 21. The Labute approximate surface area is 269 Å². The van der Waals surface area contributed by atoms with Crippen LogP contribution < -0.4 is 0 Å². The zero-order valence-corrected chi connectivity index (χ0v) is 25.3. The second-order valence-corrected chi connectivity index (χ2v) is 13.1. The lowest BCUT2D eigenvalue weighted by atomic mass is 9.65. The molecule has 0 amide bonds.